The number of rotatable bonds is 5. The van der Waals surface area contributed by atoms with Gasteiger partial charge in [0.2, 0.25) is 5.91 Å². The van der Waals surface area contributed by atoms with Gasteiger partial charge in [-0.2, -0.15) is 0 Å². The molecule has 1 amide bonds. The van der Waals surface area contributed by atoms with Crippen LogP contribution in [0, 0.1) is 0 Å². The smallest absolute Gasteiger partial charge is 0.224 e. The Hall–Kier alpha value is -1.55. The molecule has 0 atom stereocenters. The second-order valence-electron chi connectivity index (χ2n) is 3.28. The molecule has 1 aromatic carbocycles. The second-order valence-corrected chi connectivity index (χ2v) is 3.28. The zero-order valence-corrected chi connectivity index (χ0v) is 8.44. The van der Waals surface area contributed by atoms with E-state index in [0.29, 0.717) is 24.9 Å². The molecule has 1 rings (SSSR count). The molecule has 0 aliphatic carbocycles. The van der Waals surface area contributed by atoms with Crippen LogP contribution in [0.2, 0.25) is 0 Å². The molecule has 0 spiro atoms. The van der Waals surface area contributed by atoms with Crippen molar-refractivity contribution in [2.75, 3.05) is 11.9 Å². The first-order chi connectivity index (χ1) is 7.22. The highest BCUT2D eigenvalue weighted by Crippen LogP contribution is 2.14. The Morgan fingerprint density at radius 3 is 2.47 bits per heavy atom. The number of anilines is 1. The number of unbranched alkanes of at least 4 members (excludes halogenated alkanes) is 1. The summed E-state index contributed by atoms with van der Waals surface area (Å²) in [5.74, 6) is 0.0995. The number of aliphatic hydroxyl groups excluding tert-OH is 1. The van der Waals surface area contributed by atoms with Crippen LogP contribution in [0.1, 0.15) is 19.3 Å². The van der Waals surface area contributed by atoms with Gasteiger partial charge in [-0.25, -0.2) is 0 Å². The van der Waals surface area contributed by atoms with E-state index in [-0.39, 0.29) is 18.3 Å². The first kappa shape index (κ1) is 11.5. The molecule has 3 N–H and O–H groups in total. The quantitative estimate of drug-likeness (QED) is 0.508. The molecular formula is C11H15NO3. The van der Waals surface area contributed by atoms with E-state index < -0.39 is 0 Å². The fourth-order valence-electron chi connectivity index (χ4n) is 1.17. The van der Waals surface area contributed by atoms with Gasteiger partial charge in [0.25, 0.3) is 0 Å². The standard InChI is InChI=1S/C11H15NO3/c13-8-2-1-3-11(15)12-9-4-6-10(14)7-5-9/h4-7,13-14H,1-3,8H2,(H,12,15). The molecule has 0 aromatic heterocycles. The van der Waals surface area contributed by atoms with Crippen LogP contribution in [-0.4, -0.2) is 22.7 Å². The van der Waals surface area contributed by atoms with Crippen LogP contribution in [0.5, 0.6) is 5.75 Å². The maximum atomic E-state index is 11.3. The Bertz CT molecular complexity index is 308. The van der Waals surface area contributed by atoms with Gasteiger partial charge in [-0.15, -0.1) is 0 Å². The number of hydrogen-bond donors (Lipinski definition) is 3. The molecule has 15 heavy (non-hydrogen) atoms. The summed E-state index contributed by atoms with van der Waals surface area (Å²) in [5.41, 5.74) is 0.668. The number of nitrogens with one attached hydrogen (secondary N) is 1. The van der Waals surface area contributed by atoms with E-state index in [0.717, 1.165) is 0 Å². The Kier molecular flexibility index (Phi) is 4.63. The lowest BCUT2D eigenvalue weighted by atomic mass is 10.2. The number of benzene rings is 1. The predicted octanol–water partition coefficient (Wildman–Crippen LogP) is 1.49. The molecule has 0 heterocycles. The van der Waals surface area contributed by atoms with Crippen molar-refractivity contribution in [1.82, 2.24) is 0 Å². The molecule has 82 valence electrons. The minimum Gasteiger partial charge on any atom is -0.508 e. The molecule has 0 saturated heterocycles. The largest absolute Gasteiger partial charge is 0.508 e. The second kappa shape index (κ2) is 6.03. The van der Waals surface area contributed by atoms with Gasteiger partial charge in [-0.1, -0.05) is 0 Å². The molecule has 0 fully saturated rings. The van der Waals surface area contributed by atoms with Gasteiger partial charge < -0.3 is 15.5 Å². The van der Waals surface area contributed by atoms with Crippen molar-refractivity contribution in [3.63, 3.8) is 0 Å². The van der Waals surface area contributed by atoms with E-state index in [2.05, 4.69) is 5.32 Å². The first-order valence-corrected chi connectivity index (χ1v) is 4.92. The van der Waals surface area contributed by atoms with Crippen LogP contribution in [0.4, 0.5) is 5.69 Å². The predicted molar refractivity (Wildman–Crippen MR) is 57.7 cm³/mol. The summed E-state index contributed by atoms with van der Waals surface area (Å²) < 4.78 is 0. The molecule has 0 aliphatic rings. The third-order valence-corrected chi connectivity index (χ3v) is 1.96. The minimum absolute atomic E-state index is 0.0749. The number of amides is 1. The molecule has 0 radical (unpaired) electrons. The zero-order chi connectivity index (χ0) is 11.1. The van der Waals surface area contributed by atoms with Crippen molar-refractivity contribution in [1.29, 1.82) is 0 Å². The highest BCUT2D eigenvalue weighted by molar-refractivity contribution is 5.90. The Labute approximate surface area is 88.6 Å². The van der Waals surface area contributed by atoms with E-state index in [1.165, 1.54) is 12.1 Å². The van der Waals surface area contributed by atoms with Gasteiger partial charge in [0.15, 0.2) is 0 Å². The van der Waals surface area contributed by atoms with Crippen molar-refractivity contribution >= 4 is 11.6 Å². The van der Waals surface area contributed by atoms with Crippen LogP contribution in [0.15, 0.2) is 24.3 Å². The number of carbonyl (C=O) groups is 1. The molecule has 4 heteroatoms. The van der Waals surface area contributed by atoms with Crippen LogP contribution in [0.25, 0.3) is 0 Å². The number of carbonyl (C=O) groups excluding carboxylic acids is 1. The third kappa shape index (κ3) is 4.46. The van der Waals surface area contributed by atoms with Crippen LogP contribution < -0.4 is 5.32 Å². The molecular weight excluding hydrogens is 194 g/mol. The maximum Gasteiger partial charge on any atom is 0.224 e. The topological polar surface area (TPSA) is 69.6 Å². The average Bonchev–Trinajstić information content (AvgIpc) is 2.22. The molecule has 0 aliphatic heterocycles. The van der Waals surface area contributed by atoms with Gasteiger partial charge in [0.05, 0.1) is 0 Å². The normalized spacial score (nSPS) is 9.93. The lowest BCUT2D eigenvalue weighted by Crippen LogP contribution is -2.11. The summed E-state index contributed by atoms with van der Waals surface area (Å²) in [6.07, 6.45) is 1.73. The van der Waals surface area contributed by atoms with Gasteiger partial charge in [-0.05, 0) is 37.1 Å². The number of phenolic OH excluding ortho intramolecular Hbond substituents is 1. The Morgan fingerprint density at radius 2 is 1.87 bits per heavy atom. The number of hydrogen-bond acceptors (Lipinski definition) is 3. The van der Waals surface area contributed by atoms with E-state index in [1.54, 1.807) is 12.1 Å². The Balaban J connectivity index is 2.34. The van der Waals surface area contributed by atoms with E-state index in [9.17, 15) is 4.79 Å². The highest BCUT2D eigenvalue weighted by Gasteiger charge is 2.01. The lowest BCUT2D eigenvalue weighted by Gasteiger charge is -2.04. The van der Waals surface area contributed by atoms with Crippen molar-refractivity contribution in [3.8, 4) is 5.75 Å². The molecule has 1 aromatic rings. The van der Waals surface area contributed by atoms with Crippen molar-refractivity contribution in [2.24, 2.45) is 0 Å². The number of aromatic hydroxyl groups is 1. The van der Waals surface area contributed by atoms with Crippen molar-refractivity contribution in [2.45, 2.75) is 19.3 Å². The van der Waals surface area contributed by atoms with Gasteiger partial charge >= 0.3 is 0 Å². The summed E-state index contributed by atoms with van der Waals surface area (Å²) in [4.78, 5) is 11.3. The van der Waals surface area contributed by atoms with Gasteiger partial charge in [-0.3, -0.25) is 4.79 Å². The SMILES string of the molecule is O=C(CCCCO)Nc1ccc(O)cc1. The molecule has 0 bridgehead atoms. The summed E-state index contributed by atoms with van der Waals surface area (Å²) in [6.45, 7) is 0.118. The van der Waals surface area contributed by atoms with Crippen molar-refractivity contribution in [3.05, 3.63) is 24.3 Å². The molecule has 4 nitrogen and oxygen atoms in total. The summed E-state index contributed by atoms with van der Waals surface area (Å²) in [5, 5.41) is 20.3. The zero-order valence-electron chi connectivity index (χ0n) is 8.44. The van der Waals surface area contributed by atoms with Crippen LogP contribution >= 0.6 is 0 Å². The summed E-state index contributed by atoms with van der Waals surface area (Å²) in [6, 6.07) is 6.31. The van der Waals surface area contributed by atoms with Crippen molar-refractivity contribution < 1.29 is 15.0 Å². The number of phenols is 1. The maximum absolute atomic E-state index is 11.3. The minimum atomic E-state index is -0.0749. The molecule has 0 saturated carbocycles. The fraction of sp³-hybridized carbons (Fsp3) is 0.364. The van der Waals surface area contributed by atoms with Crippen LogP contribution in [-0.2, 0) is 4.79 Å². The van der Waals surface area contributed by atoms with E-state index >= 15 is 0 Å². The summed E-state index contributed by atoms with van der Waals surface area (Å²) >= 11 is 0. The number of aliphatic hydroxyl groups is 1. The average molecular weight is 209 g/mol. The van der Waals surface area contributed by atoms with Crippen LogP contribution in [0.3, 0.4) is 0 Å². The van der Waals surface area contributed by atoms with Gasteiger partial charge in [0, 0.05) is 18.7 Å². The van der Waals surface area contributed by atoms with Gasteiger partial charge in [0.1, 0.15) is 5.75 Å². The lowest BCUT2D eigenvalue weighted by molar-refractivity contribution is -0.116. The first-order valence-electron chi connectivity index (χ1n) is 4.92. The van der Waals surface area contributed by atoms with E-state index in [1.807, 2.05) is 0 Å². The summed E-state index contributed by atoms with van der Waals surface area (Å²) in [7, 11) is 0. The Morgan fingerprint density at radius 1 is 1.20 bits per heavy atom. The molecule has 0 unspecified atom stereocenters. The fourth-order valence-corrected chi connectivity index (χ4v) is 1.17. The highest BCUT2D eigenvalue weighted by atomic mass is 16.3. The monoisotopic (exact) mass is 209 g/mol. The van der Waals surface area contributed by atoms with E-state index in [4.69, 9.17) is 10.2 Å². The third-order valence-electron chi connectivity index (χ3n) is 1.96.